The van der Waals surface area contributed by atoms with Crippen molar-refractivity contribution in [2.45, 2.75) is 38.4 Å². The minimum absolute atomic E-state index is 0.0430. The number of nitrogens with zero attached hydrogens (tertiary/aromatic N) is 1. The normalized spacial score (nSPS) is 20.2. The van der Waals surface area contributed by atoms with Gasteiger partial charge in [0.1, 0.15) is 6.04 Å². The largest absolute Gasteiger partial charge is 0.351 e. The molecule has 2 aliphatic heterocycles. The molecule has 2 aliphatic rings. The number of carbonyl (C=O) groups excluding carboxylic acids is 2. The van der Waals surface area contributed by atoms with Gasteiger partial charge in [-0.3, -0.25) is 9.59 Å². The van der Waals surface area contributed by atoms with Gasteiger partial charge in [-0.2, -0.15) is 0 Å². The summed E-state index contributed by atoms with van der Waals surface area (Å²) in [6, 6.07) is 7.36. The molecule has 0 spiro atoms. The van der Waals surface area contributed by atoms with Crippen LogP contribution in [0.4, 0.5) is 0 Å². The van der Waals surface area contributed by atoms with E-state index in [0.717, 1.165) is 37.1 Å². The van der Waals surface area contributed by atoms with Gasteiger partial charge in [0, 0.05) is 18.2 Å². The van der Waals surface area contributed by atoms with Crippen molar-refractivity contribution in [3.63, 3.8) is 0 Å². The Morgan fingerprint density at radius 3 is 2.76 bits per heavy atom. The van der Waals surface area contributed by atoms with Crippen molar-refractivity contribution in [1.29, 1.82) is 0 Å². The van der Waals surface area contributed by atoms with Gasteiger partial charge < -0.3 is 15.5 Å². The molecule has 3 rings (SSSR count). The average Bonchev–Trinajstić information content (AvgIpc) is 2.85. The van der Waals surface area contributed by atoms with Gasteiger partial charge in [0.05, 0.1) is 0 Å². The molecule has 0 unspecified atom stereocenters. The number of fused-ring (bicyclic) bond motifs is 1. The quantitative estimate of drug-likeness (QED) is 0.868. The molecule has 5 nitrogen and oxygen atoms in total. The van der Waals surface area contributed by atoms with Gasteiger partial charge in [0.25, 0.3) is 5.91 Å². The molecule has 1 aromatic rings. The van der Waals surface area contributed by atoms with Crippen LogP contribution in [-0.4, -0.2) is 41.9 Å². The van der Waals surface area contributed by atoms with Crippen LogP contribution in [0.3, 0.4) is 0 Å². The summed E-state index contributed by atoms with van der Waals surface area (Å²) in [7, 11) is 0. The number of piperidine rings is 1. The zero-order valence-corrected chi connectivity index (χ0v) is 12.3. The van der Waals surface area contributed by atoms with E-state index in [2.05, 4.69) is 10.6 Å². The van der Waals surface area contributed by atoms with Crippen molar-refractivity contribution in [2.75, 3.05) is 13.1 Å². The number of hydrogen-bond donors (Lipinski definition) is 2. The van der Waals surface area contributed by atoms with Crippen LogP contribution >= 0.6 is 0 Å². The maximum Gasteiger partial charge on any atom is 0.255 e. The van der Waals surface area contributed by atoms with Crippen LogP contribution in [0.25, 0.3) is 0 Å². The summed E-state index contributed by atoms with van der Waals surface area (Å²) in [5, 5.41) is 6.35. The van der Waals surface area contributed by atoms with Gasteiger partial charge in [0.15, 0.2) is 0 Å². The highest BCUT2D eigenvalue weighted by atomic mass is 16.2. The van der Waals surface area contributed by atoms with E-state index in [1.165, 1.54) is 0 Å². The smallest absolute Gasteiger partial charge is 0.255 e. The topological polar surface area (TPSA) is 61.4 Å². The molecule has 0 aliphatic carbocycles. The molecular formula is C16H21N3O2. The van der Waals surface area contributed by atoms with Gasteiger partial charge in [-0.05, 0) is 44.5 Å². The monoisotopic (exact) mass is 287 g/mol. The molecule has 1 aromatic carbocycles. The van der Waals surface area contributed by atoms with Gasteiger partial charge in [-0.25, -0.2) is 0 Å². The lowest BCUT2D eigenvalue weighted by atomic mass is 10.1. The van der Waals surface area contributed by atoms with Crippen molar-refractivity contribution in [3.05, 3.63) is 35.4 Å². The molecule has 5 heteroatoms. The fourth-order valence-corrected chi connectivity index (χ4v) is 3.02. The van der Waals surface area contributed by atoms with Crippen molar-refractivity contribution >= 4 is 11.8 Å². The van der Waals surface area contributed by atoms with Crippen LogP contribution < -0.4 is 10.6 Å². The summed E-state index contributed by atoms with van der Waals surface area (Å²) in [6.45, 7) is 4.21. The lowest BCUT2D eigenvalue weighted by Crippen LogP contribution is -2.50. The Labute approximate surface area is 124 Å². The lowest BCUT2D eigenvalue weighted by Gasteiger charge is -2.28. The minimum Gasteiger partial charge on any atom is -0.351 e. The summed E-state index contributed by atoms with van der Waals surface area (Å²) < 4.78 is 0. The lowest BCUT2D eigenvalue weighted by molar-refractivity contribution is -0.126. The molecule has 2 amide bonds. The third-order valence-corrected chi connectivity index (χ3v) is 4.38. The molecule has 0 radical (unpaired) electrons. The van der Waals surface area contributed by atoms with E-state index in [0.29, 0.717) is 6.54 Å². The zero-order valence-electron chi connectivity index (χ0n) is 12.3. The Morgan fingerprint density at radius 2 is 2.05 bits per heavy atom. The van der Waals surface area contributed by atoms with E-state index in [1.54, 1.807) is 11.8 Å². The van der Waals surface area contributed by atoms with Crippen molar-refractivity contribution in [1.82, 2.24) is 15.5 Å². The molecule has 21 heavy (non-hydrogen) atoms. The second-order valence-electron chi connectivity index (χ2n) is 5.80. The van der Waals surface area contributed by atoms with E-state index in [-0.39, 0.29) is 17.9 Å². The number of nitrogens with one attached hydrogen (secondary N) is 2. The van der Waals surface area contributed by atoms with Crippen molar-refractivity contribution in [2.24, 2.45) is 0 Å². The molecule has 2 heterocycles. The van der Waals surface area contributed by atoms with E-state index in [1.807, 2.05) is 24.3 Å². The third kappa shape index (κ3) is 2.78. The SMILES string of the molecule is C[C@H](C(=O)NC1CCNCC1)N1Cc2ccccc2C1=O. The molecule has 1 saturated heterocycles. The first kappa shape index (κ1) is 14.1. The number of carbonyl (C=O) groups is 2. The first-order chi connectivity index (χ1) is 10.2. The van der Waals surface area contributed by atoms with Crippen LogP contribution in [-0.2, 0) is 11.3 Å². The van der Waals surface area contributed by atoms with E-state index in [9.17, 15) is 9.59 Å². The standard InChI is InChI=1S/C16H21N3O2/c1-11(15(20)18-13-6-8-17-9-7-13)19-10-12-4-2-3-5-14(12)16(19)21/h2-5,11,13,17H,6-10H2,1H3,(H,18,20)/t11-/m1/s1. The summed E-state index contributed by atoms with van der Waals surface area (Å²) >= 11 is 0. The molecule has 0 saturated carbocycles. The van der Waals surface area contributed by atoms with Crippen molar-refractivity contribution < 1.29 is 9.59 Å². The number of benzene rings is 1. The summed E-state index contributed by atoms with van der Waals surface area (Å²) in [5.74, 6) is -0.0957. The predicted molar refractivity (Wildman–Crippen MR) is 79.8 cm³/mol. The zero-order chi connectivity index (χ0) is 14.8. The molecule has 2 N–H and O–H groups in total. The maximum absolute atomic E-state index is 12.4. The summed E-state index contributed by atoms with van der Waals surface area (Å²) in [5.41, 5.74) is 1.73. The predicted octanol–water partition coefficient (Wildman–Crippen LogP) is 0.899. The Morgan fingerprint density at radius 1 is 1.33 bits per heavy atom. The average molecular weight is 287 g/mol. The second-order valence-corrected chi connectivity index (χ2v) is 5.80. The van der Waals surface area contributed by atoms with Gasteiger partial charge >= 0.3 is 0 Å². The molecular weight excluding hydrogens is 266 g/mol. The Bertz CT molecular complexity index is 552. The molecule has 1 fully saturated rings. The van der Waals surface area contributed by atoms with Gasteiger partial charge in [-0.15, -0.1) is 0 Å². The first-order valence-corrected chi connectivity index (χ1v) is 7.57. The second kappa shape index (κ2) is 5.85. The van der Waals surface area contributed by atoms with Gasteiger partial charge in [0.2, 0.25) is 5.91 Å². The molecule has 0 bridgehead atoms. The fraction of sp³-hybridized carbons (Fsp3) is 0.500. The van der Waals surface area contributed by atoms with Crippen molar-refractivity contribution in [3.8, 4) is 0 Å². The highest BCUT2D eigenvalue weighted by Gasteiger charge is 2.34. The summed E-state index contributed by atoms with van der Waals surface area (Å²) in [4.78, 5) is 26.4. The van der Waals surface area contributed by atoms with Crippen LogP contribution in [0, 0.1) is 0 Å². The first-order valence-electron chi connectivity index (χ1n) is 7.57. The van der Waals surface area contributed by atoms with E-state index in [4.69, 9.17) is 0 Å². The Hall–Kier alpha value is -1.88. The highest BCUT2D eigenvalue weighted by molar-refractivity contribution is 6.01. The fourth-order valence-electron chi connectivity index (χ4n) is 3.02. The number of rotatable bonds is 3. The minimum atomic E-state index is -0.431. The van der Waals surface area contributed by atoms with Crippen LogP contribution in [0.5, 0.6) is 0 Å². The maximum atomic E-state index is 12.4. The summed E-state index contributed by atoms with van der Waals surface area (Å²) in [6.07, 6.45) is 1.90. The van der Waals surface area contributed by atoms with Crippen LogP contribution in [0.2, 0.25) is 0 Å². The highest BCUT2D eigenvalue weighted by Crippen LogP contribution is 2.24. The number of amides is 2. The van der Waals surface area contributed by atoms with E-state index >= 15 is 0 Å². The molecule has 1 atom stereocenters. The molecule has 112 valence electrons. The Kier molecular flexibility index (Phi) is 3.92. The van der Waals surface area contributed by atoms with Crippen LogP contribution in [0.1, 0.15) is 35.7 Å². The third-order valence-electron chi connectivity index (χ3n) is 4.38. The van der Waals surface area contributed by atoms with Crippen LogP contribution in [0.15, 0.2) is 24.3 Å². The number of hydrogen-bond acceptors (Lipinski definition) is 3. The Balaban J connectivity index is 1.64. The molecule has 0 aromatic heterocycles. The van der Waals surface area contributed by atoms with Gasteiger partial charge in [-0.1, -0.05) is 18.2 Å². The van der Waals surface area contributed by atoms with E-state index < -0.39 is 6.04 Å².